The summed E-state index contributed by atoms with van der Waals surface area (Å²) in [6, 6.07) is 4.37. The number of rotatable bonds is 2. The second-order valence-corrected chi connectivity index (χ2v) is 4.39. The Hall–Kier alpha value is -0.320. The number of halogens is 1. The standard InChI is InChI=1S/C10H15BrN2O/c1-8(9-2-3-10(11)14-9)13-6-4-12-5-7-13/h2-3,8,12H,4-7H2,1H3/t8-/m1/s1. The molecule has 1 N–H and O–H groups in total. The normalized spacial score (nSPS) is 21.0. The zero-order chi connectivity index (χ0) is 9.97. The maximum absolute atomic E-state index is 5.55. The number of hydrogen-bond donors (Lipinski definition) is 1. The highest BCUT2D eigenvalue weighted by Gasteiger charge is 2.20. The lowest BCUT2D eigenvalue weighted by atomic mass is 10.2. The molecule has 1 aliphatic heterocycles. The molecule has 78 valence electrons. The predicted octanol–water partition coefficient (Wildman–Crippen LogP) is 2.01. The molecule has 0 aliphatic carbocycles. The second-order valence-electron chi connectivity index (χ2n) is 3.60. The summed E-state index contributed by atoms with van der Waals surface area (Å²) < 4.78 is 6.37. The van der Waals surface area contributed by atoms with Gasteiger partial charge >= 0.3 is 0 Å². The first-order chi connectivity index (χ1) is 6.77. The molecule has 14 heavy (non-hydrogen) atoms. The van der Waals surface area contributed by atoms with Gasteiger partial charge in [-0.05, 0) is 35.0 Å². The molecule has 1 aliphatic rings. The first-order valence-corrected chi connectivity index (χ1v) is 5.76. The van der Waals surface area contributed by atoms with Gasteiger partial charge in [-0.3, -0.25) is 4.90 Å². The van der Waals surface area contributed by atoms with Crippen molar-refractivity contribution in [1.29, 1.82) is 0 Å². The molecule has 0 amide bonds. The van der Waals surface area contributed by atoms with Gasteiger partial charge in [-0.1, -0.05) is 0 Å². The topological polar surface area (TPSA) is 28.4 Å². The zero-order valence-electron chi connectivity index (χ0n) is 8.29. The van der Waals surface area contributed by atoms with Crippen molar-refractivity contribution in [2.45, 2.75) is 13.0 Å². The van der Waals surface area contributed by atoms with Crippen LogP contribution in [0.2, 0.25) is 0 Å². The molecule has 2 rings (SSSR count). The Balaban J connectivity index is 2.03. The summed E-state index contributed by atoms with van der Waals surface area (Å²) in [4.78, 5) is 2.43. The SMILES string of the molecule is C[C@H](c1ccc(Br)o1)N1CCNCC1. The highest BCUT2D eigenvalue weighted by molar-refractivity contribution is 9.10. The number of nitrogens with zero attached hydrogens (tertiary/aromatic N) is 1. The number of furan rings is 1. The molecule has 3 nitrogen and oxygen atoms in total. The van der Waals surface area contributed by atoms with Crippen molar-refractivity contribution in [2.24, 2.45) is 0 Å². The third-order valence-electron chi connectivity index (χ3n) is 2.71. The van der Waals surface area contributed by atoms with Gasteiger partial charge in [-0.15, -0.1) is 0 Å². The van der Waals surface area contributed by atoms with Crippen molar-refractivity contribution in [1.82, 2.24) is 10.2 Å². The molecule has 0 aromatic carbocycles. The Bertz CT molecular complexity index is 294. The summed E-state index contributed by atoms with van der Waals surface area (Å²) in [6.45, 7) is 6.54. The minimum atomic E-state index is 0.378. The molecule has 0 spiro atoms. The lowest BCUT2D eigenvalue weighted by Gasteiger charge is -2.31. The van der Waals surface area contributed by atoms with Gasteiger partial charge in [0, 0.05) is 26.2 Å². The van der Waals surface area contributed by atoms with Crippen molar-refractivity contribution in [3.05, 3.63) is 22.6 Å². The maximum atomic E-state index is 5.55. The molecular formula is C10H15BrN2O. The minimum absolute atomic E-state index is 0.378. The van der Waals surface area contributed by atoms with Gasteiger partial charge in [0.05, 0.1) is 6.04 Å². The molecule has 1 aromatic heterocycles. The van der Waals surface area contributed by atoms with E-state index >= 15 is 0 Å². The van der Waals surface area contributed by atoms with Crippen molar-refractivity contribution in [2.75, 3.05) is 26.2 Å². The van der Waals surface area contributed by atoms with Crippen molar-refractivity contribution < 1.29 is 4.42 Å². The summed E-state index contributed by atoms with van der Waals surface area (Å²) in [6.07, 6.45) is 0. The summed E-state index contributed by atoms with van der Waals surface area (Å²) in [5.74, 6) is 1.04. The molecule has 4 heteroatoms. The molecule has 0 radical (unpaired) electrons. The van der Waals surface area contributed by atoms with Gasteiger partial charge in [0.1, 0.15) is 5.76 Å². The van der Waals surface area contributed by atoms with Crippen LogP contribution < -0.4 is 5.32 Å². The van der Waals surface area contributed by atoms with Gasteiger partial charge in [-0.25, -0.2) is 0 Å². The van der Waals surface area contributed by atoms with Crippen LogP contribution in [-0.4, -0.2) is 31.1 Å². The van der Waals surface area contributed by atoms with Gasteiger partial charge in [0.2, 0.25) is 0 Å². The third kappa shape index (κ3) is 2.19. The molecule has 1 saturated heterocycles. The van der Waals surface area contributed by atoms with Crippen LogP contribution in [0.3, 0.4) is 0 Å². The van der Waals surface area contributed by atoms with Gasteiger partial charge in [0.15, 0.2) is 4.67 Å². The van der Waals surface area contributed by atoms with E-state index in [1.165, 1.54) is 0 Å². The fraction of sp³-hybridized carbons (Fsp3) is 0.600. The van der Waals surface area contributed by atoms with E-state index < -0.39 is 0 Å². The molecule has 2 heterocycles. The first-order valence-electron chi connectivity index (χ1n) is 4.97. The lowest BCUT2D eigenvalue weighted by Crippen LogP contribution is -2.44. The van der Waals surface area contributed by atoms with Crippen LogP contribution in [0, 0.1) is 0 Å². The van der Waals surface area contributed by atoms with Crippen molar-refractivity contribution >= 4 is 15.9 Å². The minimum Gasteiger partial charge on any atom is -0.453 e. The quantitative estimate of drug-likeness (QED) is 0.880. The summed E-state index contributed by atoms with van der Waals surface area (Å²) >= 11 is 3.33. The van der Waals surface area contributed by atoms with E-state index in [4.69, 9.17) is 4.42 Å². The van der Waals surface area contributed by atoms with Crippen LogP contribution in [0.4, 0.5) is 0 Å². The molecule has 1 fully saturated rings. The van der Waals surface area contributed by atoms with Crippen LogP contribution in [0.25, 0.3) is 0 Å². The first kappa shape index (κ1) is 10.2. The van der Waals surface area contributed by atoms with Gasteiger partial charge in [-0.2, -0.15) is 0 Å². The fourth-order valence-corrected chi connectivity index (χ4v) is 2.12. The summed E-state index contributed by atoms with van der Waals surface area (Å²) in [5, 5.41) is 3.34. The van der Waals surface area contributed by atoms with Gasteiger partial charge in [0.25, 0.3) is 0 Å². The molecule has 0 saturated carbocycles. The molecule has 1 aromatic rings. The van der Waals surface area contributed by atoms with Crippen LogP contribution in [-0.2, 0) is 0 Å². The fourth-order valence-electron chi connectivity index (χ4n) is 1.80. The van der Waals surface area contributed by atoms with Crippen molar-refractivity contribution in [3.63, 3.8) is 0 Å². The van der Waals surface area contributed by atoms with Crippen LogP contribution >= 0.6 is 15.9 Å². The smallest absolute Gasteiger partial charge is 0.169 e. The van der Waals surface area contributed by atoms with Crippen LogP contribution in [0.1, 0.15) is 18.7 Å². The average molecular weight is 259 g/mol. The molecule has 0 unspecified atom stereocenters. The predicted molar refractivity (Wildman–Crippen MR) is 59.3 cm³/mol. The summed E-state index contributed by atoms with van der Waals surface area (Å²) in [7, 11) is 0. The summed E-state index contributed by atoms with van der Waals surface area (Å²) in [5.41, 5.74) is 0. The average Bonchev–Trinajstić information content (AvgIpc) is 2.65. The van der Waals surface area contributed by atoms with E-state index in [0.717, 1.165) is 36.6 Å². The maximum Gasteiger partial charge on any atom is 0.169 e. The third-order valence-corrected chi connectivity index (χ3v) is 3.13. The Morgan fingerprint density at radius 2 is 2.14 bits per heavy atom. The number of piperazine rings is 1. The molecule has 0 bridgehead atoms. The van der Waals surface area contributed by atoms with E-state index in [9.17, 15) is 0 Å². The van der Waals surface area contributed by atoms with E-state index in [2.05, 4.69) is 33.1 Å². The highest BCUT2D eigenvalue weighted by Crippen LogP contribution is 2.24. The highest BCUT2D eigenvalue weighted by atomic mass is 79.9. The largest absolute Gasteiger partial charge is 0.453 e. The van der Waals surface area contributed by atoms with E-state index in [1.54, 1.807) is 0 Å². The number of hydrogen-bond acceptors (Lipinski definition) is 3. The Morgan fingerprint density at radius 1 is 1.43 bits per heavy atom. The van der Waals surface area contributed by atoms with Gasteiger partial charge < -0.3 is 9.73 Å². The zero-order valence-corrected chi connectivity index (χ0v) is 9.88. The van der Waals surface area contributed by atoms with Crippen LogP contribution in [0.5, 0.6) is 0 Å². The second kappa shape index (κ2) is 4.47. The Morgan fingerprint density at radius 3 is 2.71 bits per heavy atom. The Kier molecular flexibility index (Phi) is 3.26. The van der Waals surface area contributed by atoms with E-state index in [0.29, 0.717) is 6.04 Å². The Labute approximate surface area is 92.6 Å². The van der Waals surface area contributed by atoms with Crippen LogP contribution in [0.15, 0.2) is 21.2 Å². The van der Waals surface area contributed by atoms with E-state index in [-0.39, 0.29) is 0 Å². The molecular weight excluding hydrogens is 244 g/mol. The monoisotopic (exact) mass is 258 g/mol. The lowest BCUT2D eigenvalue weighted by molar-refractivity contribution is 0.166. The molecule has 1 atom stereocenters. The van der Waals surface area contributed by atoms with Crippen molar-refractivity contribution in [3.8, 4) is 0 Å². The van der Waals surface area contributed by atoms with E-state index in [1.807, 2.05) is 12.1 Å². The number of nitrogens with one attached hydrogen (secondary N) is 1.